The number of fused-ring (bicyclic) bond motifs is 3. The molecule has 2 aromatic carbocycles. The number of carbonyl (C=O) groups excluding carboxylic acids is 4. The van der Waals surface area contributed by atoms with Gasteiger partial charge >= 0.3 is 0 Å². The maximum absolute atomic E-state index is 13.8. The van der Waals surface area contributed by atoms with Gasteiger partial charge in [0.2, 0.25) is 11.8 Å². The molecule has 186 valence electrons. The second-order valence-corrected chi connectivity index (χ2v) is 11.1. The lowest BCUT2D eigenvalue weighted by molar-refractivity contribution is -0.123. The van der Waals surface area contributed by atoms with Crippen molar-refractivity contribution in [2.75, 3.05) is 4.90 Å². The van der Waals surface area contributed by atoms with Crippen molar-refractivity contribution in [2.24, 2.45) is 17.8 Å². The smallest absolute Gasteiger partial charge is 0.238 e. The highest BCUT2D eigenvalue weighted by atomic mass is 79.9. The lowest BCUT2D eigenvalue weighted by Crippen LogP contribution is -2.39. The molecule has 3 aliphatic carbocycles. The molecule has 2 aromatic rings. The monoisotopic (exact) mass is 557 g/mol. The Morgan fingerprint density at radius 2 is 1.62 bits per heavy atom. The number of hydrogen-bond donors (Lipinski definition) is 1. The molecule has 37 heavy (non-hydrogen) atoms. The van der Waals surface area contributed by atoms with Crippen LogP contribution in [0.5, 0.6) is 5.75 Å². The zero-order valence-electron chi connectivity index (χ0n) is 20.3. The summed E-state index contributed by atoms with van der Waals surface area (Å²) in [6.07, 6.45) is 3.94. The molecule has 6 rings (SSSR count). The maximum atomic E-state index is 13.8. The number of amides is 2. The number of carbonyl (C=O) groups is 4. The highest BCUT2D eigenvalue weighted by Gasteiger charge is 2.56. The molecule has 1 fully saturated rings. The quantitative estimate of drug-likeness (QED) is 0.319. The van der Waals surface area contributed by atoms with Gasteiger partial charge in [-0.1, -0.05) is 42.0 Å². The zero-order valence-corrected chi connectivity index (χ0v) is 21.9. The highest BCUT2D eigenvalue weighted by Crippen LogP contribution is 2.55. The predicted octanol–water partition coefficient (Wildman–Crippen LogP) is 4.98. The van der Waals surface area contributed by atoms with Crippen LogP contribution in [-0.4, -0.2) is 28.5 Å². The van der Waals surface area contributed by atoms with Gasteiger partial charge in [-0.05, 0) is 77.4 Å². The van der Waals surface area contributed by atoms with Crippen molar-refractivity contribution in [3.63, 3.8) is 0 Å². The first-order chi connectivity index (χ1) is 17.7. The standard InChI is InChI=1S/C30H24BrNO5/c1-14-10-16(11-15(2)27(14)34)24-18-8-9-19-25(30(37)32(29(19)36)17-6-4-3-5-7-17)20(18)12-21-26(24)23(33)13-22(31)28(21)35/h3-8,10-11,13,19-20,24-25,34H,9,12H2,1-2H3/t19-,20+,24-,25-/m0/s1. The molecular formula is C30H24BrNO5. The van der Waals surface area contributed by atoms with E-state index in [1.165, 1.54) is 11.0 Å². The van der Waals surface area contributed by atoms with Gasteiger partial charge < -0.3 is 5.11 Å². The number of benzene rings is 2. The number of phenols is 1. The highest BCUT2D eigenvalue weighted by molar-refractivity contribution is 9.12. The Balaban J connectivity index is 1.52. The van der Waals surface area contributed by atoms with Crippen LogP contribution < -0.4 is 4.90 Å². The van der Waals surface area contributed by atoms with Crippen LogP contribution in [0.1, 0.15) is 35.4 Å². The van der Waals surface area contributed by atoms with Gasteiger partial charge in [-0.25, -0.2) is 0 Å². The third-order valence-corrected chi connectivity index (χ3v) is 8.78. The van der Waals surface area contributed by atoms with Crippen LogP contribution in [-0.2, 0) is 19.2 Å². The Morgan fingerprint density at radius 1 is 0.946 bits per heavy atom. The van der Waals surface area contributed by atoms with E-state index in [4.69, 9.17) is 0 Å². The van der Waals surface area contributed by atoms with Crippen molar-refractivity contribution >= 4 is 45.0 Å². The molecule has 0 spiro atoms. The van der Waals surface area contributed by atoms with E-state index in [1.807, 2.05) is 24.3 Å². The molecule has 0 bridgehead atoms. The Morgan fingerprint density at radius 3 is 2.30 bits per heavy atom. The van der Waals surface area contributed by atoms with Crippen molar-refractivity contribution in [3.8, 4) is 5.75 Å². The molecule has 0 radical (unpaired) electrons. The minimum Gasteiger partial charge on any atom is -0.507 e. The lowest BCUT2D eigenvalue weighted by Gasteiger charge is -2.42. The van der Waals surface area contributed by atoms with Gasteiger partial charge in [0.1, 0.15) is 5.75 Å². The van der Waals surface area contributed by atoms with Crippen LogP contribution in [0.4, 0.5) is 5.69 Å². The Bertz CT molecular complexity index is 1490. The normalized spacial score (nSPS) is 27.1. The summed E-state index contributed by atoms with van der Waals surface area (Å²) < 4.78 is 0.201. The molecule has 0 aromatic heterocycles. The molecule has 4 atom stereocenters. The number of allylic oxidation sites excluding steroid dienone is 6. The van der Waals surface area contributed by atoms with E-state index >= 15 is 0 Å². The summed E-state index contributed by atoms with van der Waals surface area (Å²) in [5, 5.41) is 10.4. The number of para-hydroxylation sites is 1. The van der Waals surface area contributed by atoms with Crippen molar-refractivity contribution in [1.29, 1.82) is 0 Å². The second kappa shape index (κ2) is 8.48. The molecule has 0 unspecified atom stereocenters. The fraction of sp³-hybridized carbons (Fsp3) is 0.267. The maximum Gasteiger partial charge on any atom is 0.238 e. The molecule has 7 heteroatoms. The summed E-state index contributed by atoms with van der Waals surface area (Å²) in [6, 6.07) is 12.6. The van der Waals surface area contributed by atoms with Gasteiger partial charge in [0, 0.05) is 23.1 Å². The van der Waals surface area contributed by atoms with E-state index in [9.17, 15) is 24.3 Å². The summed E-state index contributed by atoms with van der Waals surface area (Å²) in [5.74, 6) is -2.85. The zero-order chi connectivity index (χ0) is 26.2. The summed E-state index contributed by atoms with van der Waals surface area (Å²) in [6.45, 7) is 3.60. The number of rotatable bonds is 2. The van der Waals surface area contributed by atoms with Gasteiger partial charge in [0.15, 0.2) is 11.6 Å². The molecule has 1 saturated heterocycles. The molecule has 1 N–H and O–H groups in total. The van der Waals surface area contributed by atoms with Crippen LogP contribution in [0.2, 0.25) is 0 Å². The third-order valence-electron chi connectivity index (χ3n) is 8.19. The second-order valence-electron chi connectivity index (χ2n) is 10.2. The van der Waals surface area contributed by atoms with Crippen LogP contribution in [0, 0.1) is 31.6 Å². The lowest BCUT2D eigenvalue weighted by atomic mass is 9.59. The summed E-state index contributed by atoms with van der Waals surface area (Å²) in [7, 11) is 0. The van der Waals surface area contributed by atoms with Gasteiger partial charge in [0.25, 0.3) is 0 Å². The number of aromatic hydroxyl groups is 1. The van der Waals surface area contributed by atoms with Crippen molar-refractivity contribution < 1.29 is 24.3 Å². The summed E-state index contributed by atoms with van der Waals surface area (Å²) >= 11 is 3.25. The first kappa shape index (κ1) is 23.8. The van der Waals surface area contributed by atoms with E-state index < -0.39 is 23.7 Å². The van der Waals surface area contributed by atoms with E-state index in [1.54, 1.807) is 38.1 Å². The molecule has 1 heterocycles. The number of aryl methyl sites for hydroxylation is 2. The Kier molecular flexibility index (Phi) is 5.46. The average Bonchev–Trinajstić information content (AvgIpc) is 3.14. The van der Waals surface area contributed by atoms with Crippen molar-refractivity contribution in [3.05, 3.63) is 92.5 Å². The first-order valence-electron chi connectivity index (χ1n) is 12.3. The predicted molar refractivity (Wildman–Crippen MR) is 141 cm³/mol. The van der Waals surface area contributed by atoms with Gasteiger partial charge in [-0.2, -0.15) is 0 Å². The van der Waals surface area contributed by atoms with Crippen LogP contribution in [0.15, 0.2) is 75.8 Å². The molecule has 1 aliphatic heterocycles. The van der Waals surface area contributed by atoms with Crippen LogP contribution >= 0.6 is 15.9 Å². The molecule has 6 nitrogen and oxygen atoms in total. The van der Waals surface area contributed by atoms with Gasteiger partial charge in [0.05, 0.1) is 22.0 Å². The van der Waals surface area contributed by atoms with Gasteiger partial charge in [-0.3, -0.25) is 24.1 Å². The van der Waals surface area contributed by atoms with Crippen molar-refractivity contribution in [1.82, 2.24) is 0 Å². The number of Topliss-reactive ketones (excluding diaryl/α,β-unsaturated/α-hetero) is 1. The molecule has 2 amide bonds. The Hall–Kier alpha value is -3.58. The van der Waals surface area contributed by atoms with E-state index in [0.29, 0.717) is 34.4 Å². The van der Waals surface area contributed by atoms with Crippen molar-refractivity contribution in [2.45, 2.75) is 32.6 Å². The number of anilines is 1. The fourth-order valence-corrected chi connectivity index (χ4v) is 7.02. The summed E-state index contributed by atoms with van der Waals surface area (Å²) in [4.78, 5) is 55.2. The van der Waals surface area contributed by atoms with Crippen LogP contribution in [0.3, 0.4) is 0 Å². The number of ketones is 2. The van der Waals surface area contributed by atoms with E-state index in [0.717, 1.165) is 11.1 Å². The van der Waals surface area contributed by atoms with Crippen LogP contribution in [0.25, 0.3) is 0 Å². The molecule has 4 aliphatic rings. The number of halogens is 1. The number of nitrogens with zero attached hydrogens (tertiary/aromatic N) is 1. The van der Waals surface area contributed by atoms with Gasteiger partial charge in [-0.15, -0.1) is 0 Å². The van der Waals surface area contributed by atoms with E-state index in [-0.39, 0.29) is 40.0 Å². The number of imide groups is 1. The number of hydrogen-bond acceptors (Lipinski definition) is 5. The minimum absolute atomic E-state index is 0.187. The fourth-order valence-electron chi connectivity index (χ4n) is 6.57. The topological polar surface area (TPSA) is 91.8 Å². The molecular weight excluding hydrogens is 534 g/mol. The SMILES string of the molecule is Cc1cc([C@H]2C3=CC[C@@H]4C(=O)N(c5ccccc5)C(=O)[C@@H]4[C@@H]3CC3=C2C(=O)C=C(Br)C3=O)cc(C)c1O. The minimum atomic E-state index is -0.615. The largest absolute Gasteiger partial charge is 0.507 e. The average molecular weight is 558 g/mol. The third kappa shape index (κ3) is 3.44. The van der Waals surface area contributed by atoms with E-state index in [2.05, 4.69) is 15.9 Å². The summed E-state index contributed by atoms with van der Waals surface area (Å²) in [5.41, 5.74) is 4.39. The number of phenolic OH excluding ortho intramolecular Hbond substituents is 1. The Labute approximate surface area is 222 Å². The molecule has 0 saturated carbocycles. The first-order valence-corrected chi connectivity index (χ1v) is 13.1.